The standard InChI is InChI=1S/C26H25N5OS/c1-2-6-23-21(5-1)25(22-10-7-16(14-24(22)32-23)26-27-29-30-28-26)17-12-18-8-9-19(13-17)31(18)15-20-4-3-11-33-20/h1-7,10-11,14,17-19,25H,8-9,12-13,15H2,(H,27,28,29,30). The molecule has 2 aromatic carbocycles. The third-order valence-electron chi connectivity index (χ3n) is 7.75. The number of aromatic nitrogens is 4. The molecule has 33 heavy (non-hydrogen) atoms. The quantitative estimate of drug-likeness (QED) is 0.433. The number of hydrogen-bond donors (Lipinski definition) is 1. The largest absolute Gasteiger partial charge is 0.457 e. The van der Waals surface area contributed by atoms with Gasteiger partial charge in [-0.25, -0.2) is 5.10 Å². The number of piperidine rings is 1. The molecule has 2 fully saturated rings. The Labute approximate surface area is 196 Å². The van der Waals surface area contributed by atoms with Crippen LogP contribution >= 0.6 is 11.3 Å². The average Bonchev–Trinajstić information content (AvgIpc) is 3.60. The number of nitrogens with one attached hydrogen (secondary N) is 1. The Hall–Kier alpha value is -3.03. The van der Waals surface area contributed by atoms with Gasteiger partial charge in [0.1, 0.15) is 11.5 Å². The summed E-state index contributed by atoms with van der Waals surface area (Å²) in [7, 11) is 0. The van der Waals surface area contributed by atoms with Crippen LogP contribution in [0.25, 0.3) is 11.4 Å². The lowest BCUT2D eigenvalue weighted by molar-refractivity contribution is 0.0898. The van der Waals surface area contributed by atoms with Crippen LogP contribution in [0.5, 0.6) is 11.5 Å². The molecule has 4 aromatic rings. The van der Waals surface area contributed by atoms with Gasteiger partial charge in [-0.05, 0) is 65.6 Å². The summed E-state index contributed by atoms with van der Waals surface area (Å²) in [6, 6.07) is 20.8. The summed E-state index contributed by atoms with van der Waals surface area (Å²) in [5.74, 6) is 3.55. The molecule has 0 spiro atoms. The van der Waals surface area contributed by atoms with Gasteiger partial charge in [0.15, 0.2) is 5.82 Å². The second-order valence-corrected chi connectivity index (χ2v) is 10.5. The van der Waals surface area contributed by atoms with E-state index in [2.05, 4.69) is 85.5 Å². The lowest BCUT2D eigenvalue weighted by atomic mass is 9.72. The minimum absolute atomic E-state index is 0.360. The summed E-state index contributed by atoms with van der Waals surface area (Å²) in [6.45, 7) is 1.11. The Morgan fingerprint density at radius 2 is 1.82 bits per heavy atom. The van der Waals surface area contributed by atoms with Crippen molar-refractivity contribution in [3.05, 3.63) is 76.0 Å². The predicted molar refractivity (Wildman–Crippen MR) is 127 cm³/mol. The van der Waals surface area contributed by atoms with Gasteiger partial charge in [0.05, 0.1) is 0 Å². The molecule has 2 saturated heterocycles. The normalized spacial score (nSPS) is 25.9. The van der Waals surface area contributed by atoms with E-state index in [0.717, 1.165) is 23.6 Å². The topological polar surface area (TPSA) is 66.9 Å². The maximum atomic E-state index is 6.41. The number of rotatable bonds is 4. The van der Waals surface area contributed by atoms with Crippen LogP contribution in [0.15, 0.2) is 60.0 Å². The number of nitrogens with zero attached hydrogens (tertiary/aromatic N) is 4. The van der Waals surface area contributed by atoms with Crippen molar-refractivity contribution >= 4 is 11.3 Å². The van der Waals surface area contributed by atoms with Gasteiger partial charge in [-0.15, -0.1) is 16.4 Å². The van der Waals surface area contributed by atoms with Crippen LogP contribution in [0, 0.1) is 5.92 Å². The first-order valence-electron chi connectivity index (χ1n) is 11.8. The number of benzene rings is 2. The van der Waals surface area contributed by atoms with Crippen molar-refractivity contribution in [2.75, 3.05) is 0 Å². The first kappa shape index (κ1) is 19.4. The zero-order valence-electron chi connectivity index (χ0n) is 18.2. The molecular weight excluding hydrogens is 430 g/mol. The zero-order valence-corrected chi connectivity index (χ0v) is 19.0. The molecule has 166 valence electrons. The molecule has 3 aliphatic heterocycles. The minimum Gasteiger partial charge on any atom is -0.457 e. The number of para-hydroxylation sites is 1. The zero-order chi connectivity index (χ0) is 21.8. The van der Waals surface area contributed by atoms with E-state index in [4.69, 9.17) is 4.74 Å². The molecule has 1 N–H and O–H groups in total. The van der Waals surface area contributed by atoms with Crippen molar-refractivity contribution in [3.63, 3.8) is 0 Å². The fraction of sp³-hybridized carbons (Fsp3) is 0.346. The molecule has 2 aromatic heterocycles. The molecule has 0 aliphatic carbocycles. The van der Waals surface area contributed by atoms with Gasteiger partial charge in [0.25, 0.3) is 0 Å². The van der Waals surface area contributed by atoms with E-state index >= 15 is 0 Å². The number of aromatic amines is 1. The van der Waals surface area contributed by atoms with Gasteiger partial charge >= 0.3 is 0 Å². The van der Waals surface area contributed by atoms with Gasteiger partial charge < -0.3 is 4.74 Å². The Bertz CT molecular complexity index is 1260. The summed E-state index contributed by atoms with van der Waals surface area (Å²) < 4.78 is 6.41. The average molecular weight is 456 g/mol. The third kappa shape index (κ3) is 3.30. The molecule has 2 bridgehead atoms. The van der Waals surface area contributed by atoms with E-state index in [1.165, 1.54) is 41.7 Å². The highest BCUT2D eigenvalue weighted by atomic mass is 32.1. The van der Waals surface area contributed by atoms with Crippen LogP contribution in [0.3, 0.4) is 0 Å². The molecule has 0 saturated carbocycles. The molecule has 5 heterocycles. The molecule has 3 atom stereocenters. The SMILES string of the molecule is c1csc(CN2C3CCC2CC(C2c4ccccc4Oc4cc(-c5nnn[nH]5)ccc42)C3)c1. The first-order valence-corrected chi connectivity index (χ1v) is 12.6. The van der Waals surface area contributed by atoms with Gasteiger partial charge in [0.2, 0.25) is 0 Å². The van der Waals surface area contributed by atoms with E-state index in [-0.39, 0.29) is 0 Å². The molecular formula is C26H25N5OS. The van der Waals surface area contributed by atoms with Crippen LogP contribution in [0.4, 0.5) is 0 Å². The summed E-state index contributed by atoms with van der Waals surface area (Å²) in [5.41, 5.74) is 3.57. The summed E-state index contributed by atoms with van der Waals surface area (Å²) >= 11 is 1.88. The third-order valence-corrected chi connectivity index (χ3v) is 8.61. The van der Waals surface area contributed by atoms with Crippen LogP contribution in [-0.4, -0.2) is 37.6 Å². The maximum absolute atomic E-state index is 6.41. The number of H-pyrrole nitrogens is 1. The van der Waals surface area contributed by atoms with Crippen molar-refractivity contribution in [1.82, 2.24) is 25.5 Å². The fourth-order valence-corrected chi connectivity index (χ4v) is 7.07. The number of hydrogen-bond acceptors (Lipinski definition) is 6. The minimum atomic E-state index is 0.360. The van der Waals surface area contributed by atoms with Gasteiger partial charge in [0, 0.05) is 46.1 Å². The Kier molecular flexibility index (Phi) is 4.58. The molecule has 3 aliphatic rings. The molecule has 3 unspecified atom stereocenters. The van der Waals surface area contributed by atoms with Crippen LogP contribution in [-0.2, 0) is 6.54 Å². The summed E-state index contributed by atoms with van der Waals surface area (Å²) in [6.07, 6.45) is 5.13. The van der Waals surface area contributed by atoms with E-state index in [9.17, 15) is 0 Å². The number of ether oxygens (including phenoxy) is 1. The van der Waals surface area contributed by atoms with Gasteiger partial charge in [-0.2, -0.15) is 0 Å². The Morgan fingerprint density at radius 3 is 2.61 bits per heavy atom. The van der Waals surface area contributed by atoms with Crippen molar-refractivity contribution in [2.45, 2.75) is 50.2 Å². The van der Waals surface area contributed by atoms with Crippen molar-refractivity contribution in [3.8, 4) is 22.9 Å². The van der Waals surface area contributed by atoms with Crippen molar-refractivity contribution in [1.29, 1.82) is 0 Å². The van der Waals surface area contributed by atoms with E-state index in [0.29, 0.717) is 29.7 Å². The number of tetrazole rings is 1. The Morgan fingerprint density at radius 1 is 0.970 bits per heavy atom. The lowest BCUT2D eigenvalue weighted by Gasteiger charge is -2.43. The van der Waals surface area contributed by atoms with Gasteiger partial charge in [-0.3, -0.25) is 4.90 Å². The first-order chi connectivity index (χ1) is 16.3. The second-order valence-electron chi connectivity index (χ2n) is 9.49. The maximum Gasteiger partial charge on any atom is 0.179 e. The summed E-state index contributed by atoms with van der Waals surface area (Å²) in [5, 5.41) is 16.6. The summed E-state index contributed by atoms with van der Waals surface area (Å²) in [4.78, 5) is 4.27. The fourth-order valence-electron chi connectivity index (χ4n) is 6.36. The highest BCUT2D eigenvalue weighted by molar-refractivity contribution is 7.09. The highest BCUT2D eigenvalue weighted by Gasteiger charge is 2.45. The van der Waals surface area contributed by atoms with Crippen LogP contribution < -0.4 is 4.74 Å². The number of fused-ring (bicyclic) bond motifs is 4. The molecule has 6 nitrogen and oxygen atoms in total. The highest BCUT2D eigenvalue weighted by Crippen LogP contribution is 2.53. The lowest BCUT2D eigenvalue weighted by Crippen LogP contribution is -2.43. The van der Waals surface area contributed by atoms with E-state index in [1.54, 1.807) is 0 Å². The monoisotopic (exact) mass is 455 g/mol. The smallest absolute Gasteiger partial charge is 0.179 e. The van der Waals surface area contributed by atoms with E-state index in [1.807, 2.05) is 11.3 Å². The molecule has 0 radical (unpaired) electrons. The van der Waals surface area contributed by atoms with Crippen molar-refractivity contribution < 1.29 is 4.74 Å². The molecule has 0 amide bonds. The van der Waals surface area contributed by atoms with E-state index < -0.39 is 0 Å². The molecule has 7 heteroatoms. The van der Waals surface area contributed by atoms with Crippen molar-refractivity contribution in [2.24, 2.45) is 5.92 Å². The number of thiophene rings is 1. The van der Waals surface area contributed by atoms with Gasteiger partial charge in [-0.1, -0.05) is 36.4 Å². The predicted octanol–water partition coefficient (Wildman–Crippen LogP) is 5.61. The van der Waals surface area contributed by atoms with Crippen LogP contribution in [0.2, 0.25) is 0 Å². The molecule has 7 rings (SSSR count). The van der Waals surface area contributed by atoms with Crippen LogP contribution in [0.1, 0.15) is 47.6 Å². The second kappa shape index (κ2) is 7.78. The Balaban J connectivity index is 1.23.